The van der Waals surface area contributed by atoms with Crippen LogP contribution in [0.1, 0.15) is 6.42 Å². The van der Waals surface area contributed by atoms with E-state index < -0.39 is 5.91 Å². The Morgan fingerprint density at radius 1 is 1.35 bits per heavy atom. The van der Waals surface area contributed by atoms with E-state index in [4.69, 9.17) is 34.7 Å². The van der Waals surface area contributed by atoms with E-state index in [2.05, 4.69) is 5.32 Å². The van der Waals surface area contributed by atoms with E-state index in [1.807, 2.05) is 0 Å². The van der Waals surface area contributed by atoms with Gasteiger partial charge < -0.3 is 16.8 Å². The monoisotopic (exact) mass is 318 g/mol. The van der Waals surface area contributed by atoms with Crippen LogP contribution in [0.3, 0.4) is 0 Å². The third kappa shape index (κ3) is 5.24. The van der Waals surface area contributed by atoms with Gasteiger partial charge in [0.05, 0.1) is 22.9 Å². The molecule has 0 atom stereocenters. The maximum atomic E-state index is 11.8. The van der Waals surface area contributed by atoms with Gasteiger partial charge in [-0.2, -0.15) is 0 Å². The molecule has 8 heteroatoms. The highest BCUT2D eigenvalue weighted by Crippen LogP contribution is 2.32. The number of primary amides is 1. The fourth-order valence-corrected chi connectivity index (χ4v) is 2.12. The number of rotatable bonds is 6. The van der Waals surface area contributed by atoms with Crippen LogP contribution in [0, 0.1) is 0 Å². The van der Waals surface area contributed by atoms with Gasteiger partial charge >= 0.3 is 0 Å². The lowest BCUT2D eigenvalue weighted by atomic mass is 10.2. The minimum atomic E-state index is -0.446. The van der Waals surface area contributed by atoms with Crippen molar-refractivity contribution in [2.24, 2.45) is 5.73 Å². The smallest absolute Gasteiger partial charge is 0.231 e. The molecule has 1 aromatic carbocycles. The molecular formula is C12H16Cl2N4O2. The molecule has 0 aliphatic carbocycles. The fraction of sp³-hybridized carbons (Fsp3) is 0.333. The Hall–Kier alpha value is -1.50. The molecular weight excluding hydrogens is 303 g/mol. The second kappa shape index (κ2) is 7.33. The van der Waals surface area contributed by atoms with Gasteiger partial charge in [0, 0.05) is 18.0 Å². The van der Waals surface area contributed by atoms with Crippen molar-refractivity contribution in [3.05, 3.63) is 22.2 Å². The Bertz CT molecular complexity index is 499. The Balaban J connectivity index is 2.57. The van der Waals surface area contributed by atoms with Crippen molar-refractivity contribution in [2.75, 3.05) is 31.2 Å². The molecule has 1 aromatic rings. The van der Waals surface area contributed by atoms with E-state index in [-0.39, 0.29) is 23.9 Å². The number of likely N-dealkylation sites (N-methyl/N-ethyl adjacent to an activating group) is 1. The molecule has 0 heterocycles. The number of hydrogen-bond donors (Lipinski definition) is 3. The number of nitrogens with zero attached hydrogens (tertiary/aromatic N) is 1. The summed E-state index contributed by atoms with van der Waals surface area (Å²) in [7, 11) is 1.70. The second-order valence-electron chi connectivity index (χ2n) is 4.35. The van der Waals surface area contributed by atoms with Crippen LogP contribution in [0.5, 0.6) is 0 Å². The van der Waals surface area contributed by atoms with Gasteiger partial charge in [0.1, 0.15) is 0 Å². The Morgan fingerprint density at radius 2 is 2.00 bits per heavy atom. The van der Waals surface area contributed by atoms with E-state index in [0.717, 1.165) is 0 Å². The topological polar surface area (TPSA) is 101 Å². The lowest BCUT2D eigenvalue weighted by Crippen LogP contribution is -2.32. The molecule has 5 N–H and O–H groups in total. The number of anilines is 2. The molecule has 0 unspecified atom stereocenters. The van der Waals surface area contributed by atoms with Crippen LogP contribution < -0.4 is 16.8 Å². The zero-order valence-corrected chi connectivity index (χ0v) is 12.5. The van der Waals surface area contributed by atoms with Crippen LogP contribution in [0.4, 0.5) is 11.4 Å². The molecule has 0 aliphatic heterocycles. The maximum Gasteiger partial charge on any atom is 0.231 e. The quantitative estimate of drug-likeness (QED) is 0.688. The fourth-order valence-electron chi connectivity index (χ4n) is 1.56. The number of carbonyl (C=O) groups excluding carboxylic acids is 2. The molecule has 1 rings (SSSR count). The molecule has 0 radical (unpaired) electrons. The highest BCUT2D eigenvalue weighted by molar-refractivity contribution is 6.37. The summed E-state index contributed by atoms with van der Waals surface area (Å²) < 4.78 is 0. The third-order valence-corrected chi connectivity index (χ3v) is 3.01. The minimum Gasteiger partial charge on any atom is -0.397 e. The van der Waals surface area contributed by atoms with Crippen LogP contribution >= 0.6 is 23.2 Å². The molecule has 0 aliphatic rings. The number of nitrogen functional groups attached to an aromatic ring is 1. The predicted molar refractivity (Wildman–Crippen MR) is 80.8 cm³/mol. The Labute approximate surface area is 127 Å². The summed E-state index contributed by atoms with van der Waals surface area (Å²) >= 11 is 11.7. The van der Waals surface area contributed by atoms with Gasteiger partial charge in [0.2, 0.25) is 11.8 Å². The molecule has 0 spiro atoms. The summed E-state index contributed by atoms with van der Waals surface area (Å²) in [6, 6.07) is 3.00. The Morgan fingerprint density at radius 3 is 2.55 bits per heavy atom. The zero-order valence-electron chi connectivity index (χ0n) is 11.0. The van der Waals surface area contributed by atoms with Crippen molar-refractivity contribution >= 4 is 46.4 Å². The van der Waals surface area contributed by atoms with Gasteiger partial charge in [0.25, 0.3) is 0 Å². The molecule has 0 saturated carbocycles. The summed E-state index contributed by atoms with van der Waals surface area (Å²) in [5.74, 6) is -0.713. The van der Waals surface area contributed by atoms with Gasteiger partial charge in [-0.3, -0.25) is 14.5 Å². The Kier molecular flexibility index (Phi) is 6.06. The summed E-state index contributed by atoms with van der Waals surface area (Å²) in [6.45, 7) is 0.483. The van der Waals surface area contributed by atoms with E-state index in [1.165, 1.54) is 12.1 Å². The van der Waals surface area contributed by atoms with Crippen LogP contribution in [0.15, 0.2) is 12.1 Å². The average Bonchev–Trinajstić information content (AvgIpc) is 2.30. The van der Waals surface area contributed by atoms with E-state index >= 15 is 0 Å². The molecule has 110 valence electrons. The minimum absolute atomic E-state index is 0.0944. The van der Waals surface area contributed by atoms with Crippen LogP contribution in [-0.2, 0) is 9.59 Å². The van der Waals surface area contributed by atoms with Gasteiger partial charge in [-0.25, -0.2) is 0 Å². The summed E-state index contributed by atoms with van der Waals surface area (Å²) in [5, 5.41) is 3.28. The summed E-state index contributed by atoms with van der Waals surface area (Å²) in [5.41, 5.74) is 11.4. The lowest BCUT2D eigenvalue weighted by molar-refractivity contribution is -0.120. The highest BCUT2D eigenvalue weighted by atomic mass is 35.5. The van der Waals surface area contributed by atoms with Crippen molar-refractivity contribution in [2.45, 2.75) is 6.42 Å². The molecule has 0 bridgehead atoms. The molecule has 0 aromatic heterocycles. The number of hydrogen-bond acceptors (Lipinski definition) is 4. The summed E-state index contributed by atoms with van der Waals surface area (Å²) in [4.78, 5) is 24.1. The van der Waals surface area contributed by atoms with Gasteiger partial charge in [-0.05, 0) is 19.2 Å². The van der Waals surface area contributed by atoms with E-state index in [1.54, 1.807) is 11.9 Å². The molecule has 2 amide bonds. The first-order valence-electron chi connectivity index (χ1n) is 5.81. The van der Waals surface area contributed by atoms with Crippen LogP contribution in [0.25, 0.3) is 0 Å². The highest BCUT2D eigenvalue weighted by Gasteiger charge is 2.12. The first kappa shape index (κ1) is 16.6. The average molecular weight is 319 g/mol. The van der Waals surface area contributed by atoms with Gasteiger partial charge in [-0.15, -0.1) is 0 Å². The van der Waals surface area contributed by atoms with Crippen molar-refractivity contribution < 1.29 is 9.59 Å². The number of benzene rings is 1. The van der Waals surface area contributed by atoms with Gasteiger partial charge in [0.15, 0.2) is 0 Å². The van der Waals surface area contributed by atoms with E-state index in [0.29, 0.717) is 22.9 Å². The third-order valence-electron chi connectivity index (χ3n) is 2.50. The van der Waals surface area contributed by atoms with Crippen molar-refractivity contribution in [3.8, 4) is 0 Å². The SMILES string of the molecule is CN(CCC(=O)Nc1c(N)cc(Cl)cc1Cl)CC(N)=O. The predicted octanol–water partition coefficient (Wildman–Crippen LogP) is 1.32. The maximum absolute atomic E-state index is 11.8. The second-order valence-corrected chi connectivity index (χ2v) is 5.20. The standard InChI is InChI=1S/C12H16Cl2N4O2/c1-18(6-10(16)19)3-2-11(20)17-12-8(14)4-7(13)5-9(12)15/h4-5H,2-3,6,15H2,1H3,(H2,16,19)(H,17,20). The number of amides is 2. The van der Waals surface area contributed by atoms with E-state index in [9.17, 15) is 9.59 Å². The van der Waals surface area contributed by atoms with Crippen molar-refractivity contribution in [3.63, 3.8) is 0 Å². The molecule has 0 saturated heterocycles. The summed E-state index contributed by atoms with van der Waals surface area (Å²) in [6.07, 6.45) is 0.183. The van der Waals surface area contributed by atoms with Crippen LogP contribution in [0.2, 0.25) is 10.0 Å². The molecule has 20 heavy (non-hydrogen) atoms. The molecule has 6 nitrogen and oxygen atoms in total. The number of nitrogens with two attached hydrogens (primary N) is 2. The number of nitrogens with one attached hydrogen (secondary N) is 1. The number of carbonyl (C=O) groups is 2. The number of halogens is 2. The van der Waals surface area contributed by atoms with Gasteiger partial charge in [-0.1, -0.05) is 23.2 Å². The first-order chi connectivity index (χ1) is 9.29. The van der Waals surface area contributed by atoms with Crippen molar-refractivity contribution in [1.29, 1.82) is 0 Å². The lowest BCUT2D eigenvalue weighted by Gasteiger charge is -2.15. The first-order valence-corrected chi connectivity index (χ1v) is 6.56. The normalized spacial score (nSPS) is 10.6. The molecule has 0 fully saturated rings. The zero-order chi connectivity index (χ0) is 15.3. The van der Waals surface area contributed by atoms with Crippen LogP contribution in [-0.4, -0.2) is 36.9 Å². The van der Waals surface area contributed by atoms with Crippen molar-refractivity contribution in [1.82, 2.24) is 4.90 Å². The largest absolute Gasteiger partial charge is 0.397 e.